The first-order valence-corrected chi connectivity index (χ1v) is 9.30. The van der Waals surface area contributed by atoms with Crippen LogP contribution in [0.15, 0.2) is 59.7 Å². The number of urea groups is 1. The number of carbonyl (C=O) groups excluding carboxylic acids is 3. The second-order valence-corrected chi connectivity index (χ2v) is 6.73. The van der Waals surface area contributed by atoms with Crippen molar-refractivity contribution in [1.29, 1.82) is 0 Å². The van der Waals surface area contributed by atoms with Crippen molar-refractivity contribution in [3.05, 3.63) is 60.2 Å². The lowest BCUT2D eigenvalue weighted by Crippen LogP contribution is -2.38. The summed E-state index contributed by atoms with van der Waals surface area (Å²) in [7, 11) is 1.54. The molecule has 2 aromatic rings. The van der Waals surface area contributed by atoms with Crippen LogP contribution in [0.5, 0.6) is 0 Å². The van der Waals surface area contributed by atoms with Gasteiger partial charge in [-0.2, -0.15) is 5.10 Å². The van der Waals surface area contributed by atoms with Crippen LogP contribution in [0.25, 0.3) is 0 Å². The fourth-order valence-electron chi connectivity index (χ4n) is 2.87. The van der Waals surface area contributed by atoms with Crippen molar-refractivity contribution in [2.24, 2.45) is 5.10 Å². The predicted octanol–water partition coefficient (Wildman–Crippen LogP) is 3.12. The zero-order valence-electron chi connectivity index (χ0n) is 16.3. The molecule has 1 heterocycles. The van der Waals surface area contributed by atoms with E-state index in [0.29, 0.717) is 23.5 Å². The first-order valence-electron chi connectivity index (χ1n) is 9.30. The lowest BCUT2D eigenvalue weighted by Gasteiger charge is -2.21. The molecule has 0 aliphatic carbocycles. The Hall–Kier alpha value is -3.68. The zero-order valence-corrected chi connectivity index (χ0v) is 16.3. The summed E-state index contributed by atoms with van der Waals surface area (Å²) in [5, 5.41) is 13.6. The van der Waals surface area contributed by atoms with Crippen LogP contribution in [-0.4, -0.2) is 35.6 Å². The molecule has 0 radical (unpaired) electrons. The molecule has 0 bridgehead atoms. The van der Waals surface area contributed by atoms with Crippen molar-refractivity contribution < 1.29 is 14.4 Å². The number of para-hydroxylation sites is 1. The Morgan fingerprint density at radius 1 is 0.966 bits per heavy atom. The molecule has 0 unspecified atom stereocenters. The van der Waals surface area contributed by atoms with Crippen molar-refractivity contribution in [1.82, 2.24) is 10.3 Å². The number of nitrogens with zero attached hydrogens (tertiary/aromatic N) is 2. The first kappa shape index (κ1) is 20.1. The van der Waals surface area contributed by atoms with Gasteiger partial charge in [-0.3, -0.25) is 9.59 Å². The Morgan fingerprint density at radius 3 is 2.21 bits per heavy atom. The van der Waals surface area contributed by atoms with Crippen LogP contribution in [0.3, 0.4) is 0 Å². The number of hydrogen-bond donors (Lipinski definition) is 3. The van der Waals surface area contributed by atoms with Gasteiger partial charge >= 0.3 is 6.03 Å². The summed E-state index contributed by atoms with van der Waals surface area (Å²) in [6, 6.07) is 15.8. The highest BCUT2D eigenvalue weighted by Crippen LogP contribution is 2.17. The zero-order chi connectivity index (χ0) is 20.8. The van der Waals surface area contributed by atoms with Crippen LogP contribution < -0.4 is 16.0 Å². The number of nitrogens with one attached hydrogen (secondary N) is 3. The molecule has 150 valence electrons. The Bertz CT molecular complexity index is 925. The van der Waals surface area contributed by atoms with Gasteiger partial charge in [-0.15, -0.1) is 0 Å². The average molecular weight is 393 g/mol. The Kier molecular flexibility index (Phi) is 6.23. The fraction of sp³-hybridized carbons (Fsp3) is 0.238. The molecule has 0 aromatic heterocycles. The number of hydrazone groups is 1. The highest BCUT2D eigenvalue weighted by atomic mass is 16.2. The quantitative estimate of drug-likeness (QED) is 0.727. The van der Waals surface area contributed by atoms with E-state index in [1.165, 1.54) is 12.1 Å². The number of carbonyl (C=O) groups is 3. The van der Waals surface area contributed by atoms with Crippen LogP contribution in [0.1, 0.15) is 31.4 Å². The van der Waals surface area contributed by atoms with Crippen LogP contribution in [0, 0.1) is 0 Å². The summed E-state index contributed by atoms with van der Waals surface area (Å²) in [5.74, 6) is -0.393. The largest absolute Gasteiger partial charge is 0.344 e. The maximum absolute atomic E-state index is 12.4. The van der Waals surface area contributed by atoms with Crippen molar-refractivity contribution in [2.75, 3.05) is 17.7 Å². The Labute approximate surface area is 169 Å². The smallest absolute Gasteiger partial charge is 0.323 e. The minimum absolute atomic E-state index is 0.103. The average Bonchev–Trinajstić information content (AvgIpc) is 2.71. The molecule has 1 atom stereocenters. The second-order valence-electron chi connectivity index (χ2n) is 6.73. The van der Waals surface area contributed by atoms with Gasteiger partial charge in [0, 0.05) is 31.3 Å². The summed E-state index contributed by atoms with van der Waals surface area (Å²) in [6.45, 7) is 1.86. The second kappa shape index (κ2) is 9.01. The Balaban J connectivity index is 1.55. The molecular formula is C21H23N5O3. The molecule has 0 saturated carbocycles. The lowest BCUT2D eigenvalue weighted by molar-refractivity contribution is -0.130. The standard InChI is InChI=1S/C21H23N5O3/c1-14(22-20(28)18-12-13-19(27)26(2)25-18)15-8-10-17(11-9-15)24-21(29)23-16-6-4-3-5-7-16/h3-11,14H,12-13H2,1-2H3,(H,22,28)(H2,23,24,29)/t14-/m0/s1. The highest BCUT2D eigenvalue weighted by Gasteiger charge is 2.23. The molecule has 8 heteroatoms. The molecule has 3 N–H and O–H groups in total. The van der Waals surface area contributed by atoms with Gasteiger partial charge < -0.3 is 16.0 Å². The number of hydrogen-bond acceptors (Lipinski definition) is 4. The minimum Gasteiger partial charge on any atom is -0.344 e. The van der Waals surface area contributed by atoms with Crippen molar-refractivity contribution in [3.8, 4) is 0 Å². The molecule has 1 aliphatic heterocycles. The molecule has 8 nitrogen and oxygen atoms in total. The van der Waals surface area contributed by atoms with Crippen molar-refractivity contribution >= 4 is 34.9 Å². The van der Waals surface area contributed by atoms with Crippen LogP contribution >= 0.6 is 0 Å². The monoisotopic (exact) mass is 393 g/mol. The van der Waals surface area contributed by atoms with Crippen LogP contribution in [-0.2, 0) is 9.59 Å². The SMILES string of the molecule is C[C@H](NC(=O)C1=NN(C)C(=O)CC1)c1ccc(NC(=O)Nc2ccccc2)cc1. The van der Waals surface area contributed by atoms with E-state index < -0.39 is 0 Å². The van der Waals surface area contributed by atoms with Gasteiger partial charge in [0.2, 0.25) is 5.91 Å². The third-order valence-corrected chi connectivity index (χ3v) is 4.52. The van der Waals surface area contributed by atoms with Crippen molar-refractivity contribution in [3.63, 3.8) is 0 Å². The first-order chi connectivity index (χ1) is 13.9. The maximum atomic E-state index is 12.4. The molecule has 3 rings (SSSR count). The van der Waals surface area contributed by atoms with E-state index >= 15 is 0 Å². The summed E-state index contributed by atoms with van der Waals surface area (Å²) < 4.78 is 0. The van der Waals surface area contributed by atoms with Crippen LogP contribution in [0.4, 0.5) is 16.2 Å². The summed E-state index contributed by atoms with van der Waals surface area (Å²) in [4.78, 5) is 35.9. The number of amides is 4. The fourth-order valence-corrected chi connectivity index (χ4v) is 2.87. The molecule has 1 aliphatic rings. The predicted molar refractivity (Wildman–Crippen MR) is 112 cm³/mol. The molecule has 0 saturated heterocycles. The van der Waals surface area contributed by atoms with Gasteiger partial charge in [0.15, 0.2) is 0 Å². The number of rotatable bonds is 5. The Morgan fingerprint density at radius 2 is 1.59 bits per heavy atom. The maximum Gasteiger partial charge on any atom is 0.323 e. The van der Waals surface area contributed by atoms with Gasteiger partial charge in [-0.1, -0.05) is 30.3 Å². The number of anilines is 2. The summed E-state index contributed by atoms with van der Waals surface area (Å²) in [6.07, 6.45) is 0.615. The van der Waals surface area contributed by atoms with E-state index in [4.69, 9.17) is 0 Å². The number of benzene rings is 2. The molecule has 4 amide bonds. The van der Waals surface area contributed by atoms with Crippen molar-refractivity contribution in [2.45, 2.75) is 25.8 Å². The van der Waals surface area contributed by atoms with E-state index in [1.54, 1.807) is 24.3 Å². The molecule has 29 heavy (non-hydrogen) atoms. The third-order valence-electron chi connectivity index (χ3n) is 4.52. The van der Waals surface area contributed by atoms with Gasteiger partial charge in [0.25, 0.3) is 5.91 Å². The van der Waals surface area contributed by atoms with Gasteiger partial charge in [-0.05, 0) is 36.8 Å². The van der Waals surface area contributed by atoms with Gasteiger partial charge in [0.1, 0.15) is 5.71 Å². The van der Waals surface area contributed by atoms with Crippen LogP contribution in [0.2, 0.25) is 0 Å². The van der Waals surface area contributed by atoms with Gasteiger partial charge in [-0.25, -0.2) is 9.80 Å². The van der Waals surface area contributed by atoms with E-state index in [0.717, 1.165) is 5.56 Å². The molecule has 0 fully saturated rings. The normalized spacial score (nSPS) is 14.6. The lowest BCUT2D eigenvalue weighted by atomic mass is 10.1. The topological polar surface area (TPSA) is 103 Å². The van der Waals surface area contributed by atoms with E-state index in [9.17, 15) is 14.4 Å². The third kappa shape index (κ3) is 5.41. The van der Waals surface area contributed by atoms with Gasteiger partial charge in [0.05, 0.1) is 6.04 Å². The highest BCUT2D eigenvalue weighted by molar-refractivity contribution is 6.39. The molecule has 0 spiro atoms. The van der Waals surface area contributed by atoms with E-state index in [-0.39, 0.29) is 30.3 Å². The van der Waals surface area contributed by atoms with E-state index in [2.05, 4.69) is 21.1 Å². The van der Waals surface area contributed by atoms with E-state index in [1.807, 2.05) is 37.3 Å². The minimum atomic E-state index is -0.334. The molecule has 2 aromatic carbocycles. The summed E-state index contributed by atoms with van der Waals surface area (Å²) in [5.41, 5.74) is 2.57. The summed E-state index contributed by atoms with van der Waals surface area (Å²) >= 11 is 0. The molecular weight excluding hydrogens is 370 g/mol.